The second-order valence-corrected chi connectivity index (χ2v) is 8.31. The van der Waals surface area contributed by atoms with Crippen LogP contribution in [-0.2, 0) is 17.8 Å². The van der Waals surface area contributed by atoms with Crippen LogP contribution in [0.2, 0.25) is 5.02 Å². The fourth-order valence-electron chi connectivity index (χ4n) is 3.13. The number of aromatic nitrogens is 2. The molecule has 0 saturated carbocycles. The Labute approximate surface area is 183 Å². The number of thiazole rings is 1. The summed E-state index contributed by atoms with van der Waals surface area (Å²) in [6.45, 7) is 2.42. The van der Waals surface area contributed by atoms with Gasteiger partial charge in [0.25, 0.3) is 0 Å². The Morgan fingerprint density at radius 2 is 1.80 bits per heavy atom. The summed E-state index contributed by atoms with van der Waals surface area (Å²) in [4.78, 5) is 23.8. The third-order valence-corrected chi connectivity index (χ3v) is 6.30. The van der Waals surface area contributed by atoms with E-state index in [4.69, 9.17) is 21.3 Å². The van der Waals surface area contributed by atoms with Crippen LogP contribution < -0.4 is 9.64 Å². The Kier molecular flexibility index (Phi) is 5.97. The lowest BCUT2D eigenvalue weighted by Crippen LogP contribution is -2.31. The maximum Gasteiger partial charge on any atom is 0.233 e. The van der Waals surface area contributed by atoms with Gasteiger partial charge >= 0.3 is 0 Å². The molecule has 2 heterocycles. The van der Waals surface area contributed by atoms with Crippen molar-refractivity contribution in [2.45, 2.75) is 19.9 Å². The van der Waals surface area contributed by atoms with Crippen LogP contribution in [0.3, 0.4) is 0 Å². The highest BCUT2D eigenvalue weighted by Gasteiger charge is 2.22. The first-order valence-electron chi connectivity index (χ1n) is 9.43. The quantitative estimate of drug-likeness (QED) is 0.403. The zero-order valence-electron chi connectivity index (χ0n) is 16.6. The van der Waals surface area contributed by atoms with E-state index in [-0.39, 0.29) is 12.3 Å². The Balaban J connectivity index is 1.73. The van der Waals surface area contributed by atoms with Crippen molar-refractivity contribution in [3.8, 4) is 5.75 Å². The number of pyridine rings is 1. The lowest BCUT2D eigenvalue weighted by atomic mass is 10.1. The monoisotopic (exact) mass is 437 g/mol. The van der Waals surface area contributed by atoms with Gasteiger partial charge in [-0.25, -0.2) is 4.98 Å². The summed E-state index contributed by atoms with van der Waals surface area (Å²) in [7, 11) is 1.60. The van der Waals surface area contributed by atoms with Gasteiger partial charge in [0.05, 0.1) is 29.8 Å². The third kappa shape index (κ3) is 4.30. The number of ether oxygens (including phenoxy) is 1. The zero-order valence-corrected chi connectivity index (χ0v) is 18.2. The summed E-state index contributed by atoms with van der Waals surface area (Å²) in [5.41, 5.74) is 3.75. The molecule has 0 N–H and O–H groups in total. The minimum absolute atomic E-state index is 0.0372. The smallest absolute Gasteiger partial charge is 0.233 e. The molecule has 5 nitrogen and oxygen atoms in total. The molecule has 2 aromatic carbocycles. The standard InChI is InChI=1S/C23H20ClN3O2S/c1-15-3-5-16(6-4-15)13-20(28)27(14-17-9-11-25-12-10-17)23-26-21-19(29-2)8-7-18(24)22(21)30-23/h3-12H,13-14H2,1-2H3. The van der Waals surface area contributed by atoms with Gasteiger partial charge in [0.1, 0.15) is 11.3 Å². The molecule has 7 heteroatoms. The molecule has 0 aliphatic heterocycles. The SMILES string of the molecule is COc1ccc(Cl)c2sc(N(Cc3ccncc3)C(=O)Cc3ccc(C)cc3)nc12. The number of carbonyl (C=O) groups excluding carboxylic acids is 1. The first-order chi connectivity index (χ1) is 14.5. The fraction of sp³-hybridized carbons (Fsp3) is 0.174. The predicted molar refractivity (Wildman–Crippen MR) is 121 cm³/mol. The fourth-order valence-corrected chi connectivity index (χ4v) is 4.40. The van der Waals surface area contributed by atoms with Gasteiger partial charge in [-0.05, 0) is 42.3 Å². The van der Waals surface area contributed by atoms with Gasteiger partial charge in [-0.1, -0.05) is 52.8 Å². The molecule has 0 bridgehead atoms. The van der Waals surface area contributed by atoms with Crippen molar-refractivity contribution in [3.05, 3.63) is 82.6 Å². The molecule has 0 fully saturated rings. The summed E-state index contributed by atoms with van der Waals surface area (Å²) < 4.78 is 6.23. The Bertz CT molecular complexity index is 1180. The molecule has 2 aromatic heterocycles. The van der Waals surface area contributed by atoms with Gasteiger partial charge in [-0.3, -0.25) is 14.7 Å². The van der Waals surface area contributed by atoms with Crippen LogP contribution in [0.4, 0.5) is 5.13 Å². The Morgan fingerprint density at radius 3 is 2.50 bits per heavy atom. The average Bonchev–Trinajstić information content (AvgIpc) is 3.21. The zero-order chi connectivity index (χ0) is 21.1. The van der Waals surface area contributed by atoms with E-state index in [1.54, 1.807) is 36.5 Å². The molecule has 0 atom stereocenters. The minimum atomic E-state index is -0.0372. The number of anilines is 1. The van der Waals surface area contributed by atoms with Crippen LogP contribution in [-0.4, -0.2) is 23.0 Å². The molecule has 1 amide bonds. The van der Waals surface area contributed by atoms with Crippen LogP contribution in [0.15, 0.2) is 60.9 Å². The molecule has 0 spiro atoms. The third-order valence-electron chi connectivity index (χ3n) is 4.77. The highest BCUT2D eigenvalue weighted by Crippen LogP contribution is 2.39. The molecule has 0 radical (unpaired) electrons. The molecule has 4 rings (SSSR count). The van der Waals surface area contributed by atoms with Crippen LogP contribution in [0.5, 0.6) is 5.75 Å². The number of methoxy groups -OCH3 is 1. The minimum Gasteiger partial charge on any atom is -0.494 e. The topological polar surface area (TPSA) is 55.3 Å². The largest absolute Gasteiger partial charge is 0.494 e. The average molecular weight is 438 g/mol. The summed E-state index contributed by atoms with van der Waals surface area (Å²) in [6.07, 6.45) is 3.72. The number of rotatable bonds is 6. The van der Waals surface area contributed by atoms with Crippen LogP contribution >= 0.6 is 22.9 Å². The van der Waals surface area contributed by atoms with Crippen LogP contribution in [0.1, 0.15) is 16.7 Å². The summed E-state index contributed by atoms with van der Waals surface area (Å²) in [5.74, 6) is 0.594. The van der Waals surface area contributed by atoms with Crippen LogP contribution in [0, 0.1) is 6.92 Å². The molecule has 0 aliphatic carbocycles. The highest BCUT2D eigenvalue weighted by atomic mass is 35.5. The van der Waals surface area contributed by atoms with Crippen molar-refractivity contribution in [1.82, 2.24) is 9.97 Å². The predicted octanol–water partition coefficient (Wildman–Crippen LogP) is 5.44. The van der Waals surface area contributed by atoms with Gasteiger partial charge in [-0.2, -0.15) is 0 Å². The highest BCUT2D eigenvalue weighted by molar-refractivity contribution is 7.23. The van der Waals surface area contributed by atoms with Gasteiger partial charge < -0.3 is 4.74 Å². The lowest BCUT2D eigenvalue weighted by molar-refractivity contribution is -0.118. The second kappa shape index (κ2) is 8.81. The molecular weight excluding hydrogens is 418 g/mol. The first kappa shape index (κ1) is 20.3. The van der Waals surface area contributed by atoms with E-state index in [1.807, 2.05) is 43.3 Å². The lowest BCUT2D eigenvalue weighted by Gasteiger charge is -2.20. The van der Waals surface area contributed by atoms with E-state index >= 15 is 0 Å². The number of carbonyl (C=O) groups is 1. The Hall–Kier alpha value is -2.96. The van der Waals surface area contributed by atoms with Gasteiger partial charge in [0, 0.05) is 12.4 Å². The van der Waals surface area contributed by atoms with Crippen molar-refractivity contribution in [2.24, 2.45) is 0 Å². The van der Waals surface area contributed by atoms with E-state index in [1.165, 1.54) is 11.3 Å². The second-order valence-electron chi connectivity index (χ2n) is 6.92. The summed E-state index contributed by atoms with van der Waals surface area (Å²) in [5, 5.41) is 1.18. The molecule has 0 unspecified atom stereocenters. The van der Waals surface area contributed by atoms with E-state index in [2.05, 4.69) is 4.98 Å². The van der Waals surface area contributed by atoms with E-state index in [9.17, 15) is 4.79 Å². The van der Waals surface area contributed by atoms with Gasteiger partial charge in [-0.15, -0.1) is 0 Å². The summed E-state index contributed by atoms with van der Waals surface area (Å²) in [6, 6.07) is 15.4. The number of benzene rings is 2. The molecule has 0 saturated heterocycles. The van der Waals surface area contributed by atoms with Crippen molar-refractivity contribution >= 4 is 44.2 Å². The summed E-state index contributed by atoms with van der Waals surface area (Å²) >= 11 is 7.78. The Morgan fingerprint density at radius 1 is 1.07 bits per heavy atom. The number of nitrogens with zero attached hydrogens (tertiary/aromatic N) is 3. The molecule has 30 heavy (non-hydrogen) atoms. The maximum absolute atomic E-state index is 13.3. The first-order valence-corrected chi connectivity index (χ1v) is 10.6. The van der Waals surface area contributed by atoms with E-state index in [0.717, 1.165) is 21.4 Å². The van der Waals surface area contributed by atoms with E-state index in [0.29, 0.717) is 28.0 Å². The number of halogens is 1. The maximum atomic E-state index is 13.3. The van der Waals surface area contributed by atoms with Gasteiger partial charge in [0.2, 0.25) is 5.91 Å². The van der Waals surface area contributed by atoms with Crippen molar-refractivity contribution in [3.63, 3.8) is 0 Å². The van der Waals surface area contributed by atoms with Crippen molar-refractivity contribution in [2.75, 3.05) is 12.0 Å². The van der Waals surface area contributed by atoms with Crippen LogP contribution in [0.25, 0.3) is 10.2 Å². The molecule has 0 aliphatic rings. The normalized spacial score (nSPS) is 10.9. The van der Waals surface area contributed by atoms with Crippen molar-refractivity contribution < 1.29 is 9.53 Å². The number of hydrogen-bond donors (Lipinski definition) is 0. The molecule has 4 aromatic rings. The van der Waals surface area contributed by atoms with Crippen molar-refractivity contribution in [1.29, 1.82) is 0 Å². The number of amides is 1. The molecule has 152 valence electrons. The number of aryl methyl sites for hydroxylation is 1. The molecular formula is C23H20ClN3O2S. The van der Waals surface area contributed by atoms with E-state index < -0.39 is 0 Å². The number of hydrogen-bond acceptors (Lipinski definition) is 5. The number of fused-ring (bicyclic) bond motifs is 1. The van der Waals surface area contributed by atoms with Gasteiger partial charge in [0.15, 0.2) is 5.13 Å².